The van der Waals surface area contributed by atoms with E-state index in [9.17, 15) is 9.59 Å². The molecular formula is C20H14Cl2N4O2. The molecule has 4 aromatic rings. The second-order valence-corrected chi connectivity index (χ2v) is 7.19. The molecule has 28 heavy (non-hydrogen) atoms. The maximum Gasteiger partial charge on any atom is 0.332 e. The summed E-state index contributed by atoms with van der Waals surface area (Å²) in [6.45, 7) is 0. The van der Waals surface area contributed by atoms with Gasteiger partial charge in [0.15, 0.2) is 11.2 Å². The third kappa shape index (κ3) is 3.00. The van der Waals surface area contributed by atoms with Crippen LogP contribution in [0.15, 0.2) is 58.1 Å². The number of hydrogen-bond acceptors (Lipinski definition) is 4. The number of benzene rings is 2. The molecule has 0 atom stereocenters. The van der Waals surface area contributed by atoms with Crippen molar-refractivity contribution in [2.75, 3.05) is 0 Å². The monoisotopic (exact) mass is 412 g/mol. The lowest BCUT2D eigenvalue weighted by atomic mass is 10.0. The molecule has 0 bridgehead atoms. The smallest absolute Gasteiger partial charge is 0.279 e. The standard InChI is InChI=1S/C20H14Cl2N4O2/c1-25-18-17(19(27)26(2)20(25)28)23-15(11-3-7-13(21)8-4-11)16(24-18)12-5-9-14(22)10-6-12/h3-10H,1-2H3. The van der Waals surface area contributed by atoms with Crippen LogP contribution in [0.2, 0.25) is 10.0 Å². The molecule has 8 heteroatoms. The van der Waals surface area contributed by atoms with Gasteiger partial charge in [0.05, 0.1) is 11.4 Å². The summed E-state index contributed by atoms with van der Waals surface area (Å²) in [5.41, 5.74) is 1.94. The van der Waals surface area contributed by atoms with Crippen LogP contribution in [0.1, 0.15) is 0 Å². The number of fused-ring (bicyclic) bond motifs is 1. The highest BCUT2D eigenvalue weighted by Crippen LogP contribution is 2.31. The van der Waals surface area contributed by atoms with Gasteiger partial charge in [0.25, 0.3) is 5.56 Å². The summed E-state index contributed by atoms with van der Waals surface area (Å²) in [6.07, 6.45) is 0. The van der Waals surface area contributed by atoms with E-state index in [2.05, 4.69) is 9.97 Å². The fourth-order valence-corrected chi connectivity index (χ4v) is 3.24. The zero-order valence-corrected chi connectivity index (χ0v) is 16.5. The fraction of sp³-hybridized carbons (Fsp3) is 0.100. The number of aryl methyl sites for hydroxylation is 1. The minimum absolute atomic E-state index is 0.118. The highest BCUT2D eigenvalue weighted by atomic mass is 35.5. The average Bonchev–Trinajstić information content (AvgIpc) is 2.71. The van der Waals surface area contributed by atoms with E-state index in [4.69, 9.17) is 23.2 Å². The molecule has 0 saturated carbocycles. The summed E-state index contributed by atoms with van der Waals surface area (Å²) in [4.78, 5) is 34.2. The van der Waals surface area contributed by atoms with Crippen LogP contribution in [0.5, 0.6) is 0 Å². The summed E-state index contributed by atoms with van der Waals surface area (Å²) >= 11 is 12.0. The van der Waals surface area contributed by atoms with Gasteiger partial charge in [-0.15, -0.1) is 0 Å². The summed E-state index contributed by atoms with van der Waals surface area (Å²) in [7, 11) is 2.98. The average molecular weight is 413 g/mol. The normalized spacial score (nSPS) is 11.1. The van der Waals surface area contributed by atoms with Gasteiger partial charge < -0.3 is 0 Å². The molecule has 0 saturated heterocycles. The van der Waals surface area contributed by atoms with Crippen LogP contribution in [0, 0.1) is 0 Å². The maximum absolute atomic E-state index is 12.6. The Bertz CT molecular complexity index is 1320. The van der Waals surface area contributed by atoms with Gasteiger partial charge in [-0.3, -0.25) is 13.9 Å². The molecule has 0 radical (unpaired) electrons. The van der Waals surface area contributed by atoms with Crippen LogP contribution in [-0.2, 0) is 14.1 Å². The van der Waals surface area contributed by atoms with Crippen LogP contribution in [0.3, 0.4) is 0 Å². The van der Waals surface area contributed by atoms with E-state index < -0.39 is 11.2 Å². The summed E-state index contributed by atoms with van der Waals surface area (Å²) in [5, 5.41) is 1.18. The lowest BCUT2D eigenvalue weighted by molar-refractivity contribution is 0.705. The quantitative estimate of drug-likeness (QED) is 0.503. The van der Waals surface area contributed by atoms with Crippen molar-refractivity contribution in [3.05, 3.63) is 79.4 Å². The van der Waals surface area contributed by atoms with Gasteiger partial charge in [-0.05, 0) is 24.3 Å². The topological polar surface area (TPSA) is 69.8 Å². The summed E-state index contributed by atoms with van der Waals surface area (Å²) in [5.74, 6) is 0. The molecule has 2 heterocycles. The minimum Gasteiger partial charge on any atom is -0.279 e. The first-order valence-electron chi connectivity index (χ1n) is 8.36. The molecule has 0 aliphatic carbocycles. The lowest BCUT2D eigenvalue weighted by Gasteiger charge is -2.13. The van der Waals surface area contributed by atoms with E-state index in [0.29, 0.717) is 21.4 Å². The predicted molar refractivity (Wildman–Crippen MR) is 111 cm³/mol. The molecule has 2 aromatic heterocycles. The van der Waals surface area contributed by atoms with Crippen molar-refractivity contribution in [2.24, 2.45) is 14.1 Å². The largest absolute Gasteiger partial charge is 0.332 e. The molecular weight excluding hydrogens is 399 g/mol. The van der Waals surface area contributed by atoms with Crippen molar-refractivity contribution in [2.45, 2.75) is 0 Å². The molecule has 0 aliphatic rings. The van der Waals surface area contributed by atoms with Gasteiger partial charge in [-0.25, -0.2) is 14.8 Å². The fourth-order valence-electron chi connectivity index (χ4n) is 2.98. The number of aromatic nitrogens is 4. The van der Waals surface area contributed by atoms with Crippen molar-refractivity contribution in [1.29, 1.82) is 0 Å². The van der Waals surface area contributed by atoms with E-state index in [1.807, 2.05) is 24.3 Å². The van der Waals surface area contributed by atoms with Crippen molar-refractivity contribution in [3.8, 4) is 22.5 Å². The Morgan fingerprint density at radius 1 is 0.714 bits per heavy atom. The van der Waals surface area contributed by atoms with Crippen LogP contribution in [0.25, 0.3) is 33.7 Å². The zero-order valence-electron chi connectivity index (χ0n) is 15.0. The summed E-state index contributed by atoms with van der Waals surface area (Å²) < 4.78 is 2.33. The highest BCUT2D eigenvalue weighted by molar-refractivity contribution is 6.31. The summed E-state index contributed by atoms with van der Waals surface area (Å²) in [6, 6.07) is 14.2. The Labute approximate surface area is 169 Å². The van der Waals surface area contributed by atoms with Crippen molar-refractivity contribution in [3.63, 3.8) is 0 Å². The molecule has 4 rings (SSSR count). The van der Waals surface area contributed by atoms with E-state index >= 15 is 0 Å². The van der Waals surface area contributed by atoms with Crippen LogP contribution in [-0.4, -0.2) is 19.1 Å². The van der Waals surface area contributed by atoms with Gasteiger partial charge >= 0.3 is 5.69 Å². The molecule has 6 nitrogen and oxygen atoms in total. The second-order valence-electron chi connectivity index (χ2n) is 6.31. The van der Waals surface area contributed by atoms with Crippen LogP contribution < -0.4 is 11.2 Å². The Morgan fingerprint density at radius 2 is 1.18 bits per heavy atom. The van der Waals surface area contributed by atoms with Gasteiger partial charge in [-0.1, -0.05) is 47.5 Å². The van der Waals surface area contributed by atoms with Crippen LogP contribution >= 0.6 is 23.2 Å². The van der Waals surface area contributed by atoms with Gasteiger partial charge in [0.2, 0.25) is 0 Å². The Kier molecular flexibility index (Phi) is 4.53. The van der Waals surface area contributed by atoms with E-state index in [-0.39, 0.29) is 11.2 Å². The van der Waals surface area contributed by atoms with Crippen molar-refractivity contribution in [1.82, 2.24) is 19.1 Å². The van der Waals surface area contributed by atoms with Crippen molar-refractivity contribution >= 4 is 34.4 Å². The molecule has 0 N–H and O–H groups in total. The first-order valence-corrected chi connectivity index (χ1v) is 9.12. The molecule has 0 fully saturated rings. The SMILES string of the molecule is Cn1c(=O)c2nc(-c3ccc(Cl)cc3)c(-c3ccc(Cl)cc3)nc2n(C)c1=O. The molecule has 2 aromatic carbocycles. The number of nitrogens with zero attached hydrogens (tertiary/aromatic N) is 4. The van der Waals surface area contributed by atoms with E-state index in [1.165, 1.54) is 11.6 Å². The van der Waals surface area contributed by atoms with E-state index in [0.717, 1.165) is 15.7 Å². The molecule has 0 spiro atoms. The third-order valence-corrected chi connectivity index (χ3v) is 5.02. The van der Waals surface area contributed by atoms with Gasteiger partial charge in [-0.2, -0.15) is 0 Å². The second kappa shape index (κ2) is 6.89. The Hall–Kier alpha value is -2.96. The molecule has 0 unspecified atom stereocenters. The number of halogens is 2. The minimum atomic E-state index is -0.497. The zero-order chi connectivity index (χ0) is 20.0. The van der Waals surface area contributed by atoms with Crippen LogP contribution in [0.4, 0.5) is 0 Å². The Balaban J connectivity index is 2.14. The van der Waals surface area contributed by atoms with Gasteiger partial charge in [0, 0.05) is 35.3 Å². The first kappa shape index (κ1) is 18.4. The number of hydrogen-bond donors (Lipinski definition) is 0. The third-order valence-electron chi connectivity index (χ3n) is 4.51. The lowest BCUT2D eigenvalue weighted by Crippen LogP contribution is -2.37. The number of rotatable bonds is 2. The molecule has 140 valence electrons. The first-order chi connectivity index (χ1) is 13.4. The predicted octanol–water partition coefficient (Wildman–Crippen LogP) is 3.67. The van der Waals surface area contributed by atoms with E-state index in [1.54, 1.807) is 31.3 Å². The van der Waals surface area contributed by atoms with Gasteiger partial charge in [0.1, 0.15) is 0 Å². The maximum atomic E-state index is 12.6. The Morgan fingerprint density at radius 3 is 1.68 bits per heavy atom. The highest BCUT2D eigenvalue weighted by Gasteiger charge is 2.18. The molecule has 0 amide bonds. The van der Waals surface area contributed by atoms with Crippen molar-refractivity contribution < 1.29 is 0 Å². The molecule has 0 aliphatic heterocycles.